The number of carbonyl (C=O) groups is 2. The lowest BCUT2D eigenvalue weighted by atomic mass is 9.80. The highest BCUT2D eigenvalue weighted by molar-refractivity contribution is 5.66. The molecule has 0 aromatic heterocycles. The molecule has 0 radical (unpaired) electrons. The van der Waals surface area contributed by atoms with E-state index in [1.807, 2.05) is 0 Å². The average molecular weight is 675 g/mol. The van der Waals surface area contributed by atoms with E-state index in [-0.39, 0.29) is 0 Å². The van der Waals surface area contributed by atoms with Crippen molar-refractivity contribution in [3.05, 3.63) is 24.3 Å². The molecule has 0 fully saturated rings. The second kappa shape index (κ2) is 38.2. The molecule has 2 atom stereocenters. The third kappa shape index (κ3) is 35.7. The number of unbranched alkanes of at least 4 members (excludes halogenated alkanes) is 23. The highest BCUT2D eigenvalue weighted by Gasteiger charge is 2.18. The number of rotatable bonds is 39. The van der Waals surface area contributed by atoms with Crippen LogP contribution in [0.25, 0.3) is 0 Å². The van der Waals surface area contributed by atoms with E-state index in [4.69, 9.17) is 10.2 Å². The Morgan fingerprint density at radius 2 is 0.688 bits per heavy atom. The zero-order valence-electron chi connectivity index (χ0n) is 32.2. The molecule has 2 unspecified atom stereocenters. The van der Waals surface area contributed by atoms with Crippen molar-refractivity contribution in [2.24, 2.45) is 11.8 Å². The van der Waals surface area contributed by atoms with Crippen molar-refractivity contribution in [2.75, 3.05) is 0 Å². The van der Waals surface area contributed by atoms with Crippen LogP contribution in [0.2, 0.25) is 0 Å². The van der Waals surface area contributed by atoms with E-state index in [0.717, 1.165) is 37.5 Å². The molecule has 0 saturated carbocycles. The van der Waals surface area contributed by atoms with Crippen LogP contribution in [-0.2, 0) is 9.59 Å². The number of hydrogen-bond acceptors (Lipinski definition) is 2. The number of aliphatic carboxylic acids is 2. The summed E-state index contributed by atoms with van der Waals surface area (Å²) in [4.78, 5) is 21.0. The maximum absolute atomic E-state index is 10.5. The minimum Gasteiger partial charge on any atom is -0.481 e. The Labute approximate surface area is 299 Å². The number of hydrogen-bond donors (Lipinski definition) is 2. The molecule has 48 heavy (non-hydrogen) atoms. The van der Waals surface area contributed by atoms with Gasteiger partial charge in [-0.25, -0.2) is 0 Å². The van der Waals surface area contributed by atoms with Gasteiger partial charge in [0.2, 0.25) is 0 Å². The van der Waals surface area contributed by atoms with E-state index in [1.165, 1.54) is 180 Å². The quantitative estimate of drug-likeness (QED) is 0.0502. The minimum absolute atomic E-state index is 0.324. The van der Waals surface area contributed by atoms with Crippen LogP contribution in [0.4, 0.5) is 0 Å². The summed E-state index contributed by atoms with van der Waals surface area (Å²) >= 11 is 0. The molecule has 4 nitrogen and oxygen atoms in total. The average Bonchev–Trinajstić information content (AvgIpc) is 3.06. The molecule has 0 aromatic rings. The molecule has 282 valence electrons. The standard InChI is InChI=1S/C44H82O4/c1-3-36-42(38-33-29-25-21-17-13-9-7-11-15-19-23-27-31-35-40-44(47)48)41(4-2)37-32-28-24-20-16-12-8-5-6-10-14-18-22-26-30-34-39-43(45)46/h6-7,10-11,41-42H,3-5,8-9,12-40H2,1-2H3,(H,45,46)(H,47,48). The Hall–Kier alpha value is -1.58. The van der Waals surface area contributed by atoms with Gasteiger partial charge in [-0.1, -0.05) is 179 Å². The Morgan fingerprint density at radius 1 is 0.396 bits per heavy atom. The van der Waals surface area contributed by atoms with Crippen molar-refractivity contribution in [3.8, 4) is 0 Å². The van der Waals surface area contributed by atoms with Crippen LogP contribution < -0.4 is 0 Å². The highest BCUT2D eigenvalue weighted by atomic mass is 16.4. The molecule has 0 spiro atoms. The molecule has 0 rings (SSSR count). The van der Waals surface area contributed by atoms with Gasteiger partial charge in [0, 0.05) is 12.8 Å². The molecule has 2 N–H and O–H groups in total. The maximum Gasteiger partial charge on any atom is 0.303 e. The number of carboxylic acids is 2. The summed E-state index contributed by atoms with van der Waals surface area (Å²) in [6.07, 6.45) is 51.2. The van der Waals surface area contributed by atoms with Crippen LogP contribution in [0.3, 0.4) is 0 Å². The lowest BCUT2D eigenvalue weighted by Gasteiger charge is -2.26. The van der Waals surface area contributed by atoms with Crippen LogP contribution >= 0.6 is 0 Å². The van der Waals surface area contributed by atoms with Crippen LogP contribution in [0.1, 0.15) is 232 Å². The molecular weight excluding hydrogens is 592 g/mol. The normalized spacial score (nSPS) is 13.1. The Kier molecular flexibility index (Phi) is 37.0. The molecule has 0 aromatic carbocycles. The van der Waals surface area contributed by atoms with Crippen LogP contribution in [0, 0.1) is 11.8 Å². The van der Waals surface area contributed by atoms with Gasteiger partial charge in [-0.3, -0.25) is 9.59 Å². The summed E-state index contributed by atoms with van der Waals surface area (Å²) in [7, 11) is 0. The molecule has 0 bridgehead atoms. The predicted octanol–water partition coefficient (Wildman–Crippen LogP) is 14.8. The smallest absolute Gasteiger partial charge is 0.303 e. The van der Waals surface area contributed by atoms with Crippen molar-refractivity contribution >= 4 is 11.9 Å². The second-order valence-electron chi connectivity index (χ2n) is 14.8. The summed E-state index contributed by atoms with van der Waals surface area (Å²) in [5, 5.41) is 17.3. The topological polar surface area (TPSA) is 74.6 Å². The van der Waals surface area contributed by atoms with Gasteiger partial charge in [0.05, 0.1) is 0 Å². The van der Waals surface area contributed by atoms with Gasteiger partial charge in [-0.2, -0.15) is 0 Å². The van der Waals surface area contributed by atoms with E-state index in [1.54, 1.807) is 0 Å². The molecule has 0 saturated heterocycles. The highest BCUT2D eigenvalue weighted by Crippen LogP contribution is 2.31. The zero-order chi connectivity index (χ0) is 35.2. The van der Waals surface area contributed by atoms with E-state index in [0.29, 0.717) is 12.8 Å². The molecule has 0 aliphatic carbocycles. The Morgan fingerprint density at radius 3 is 1.00 bits per heavy atom. The summed E-state index contributed by atoms with van der Waals surface area (Å²) in [5.74, 6) is 0.564. The second-order valence-corrected chi connectivity index (χ2v) is 14.8. The largest absolute Gasteiger partial charge is 0.481 e. The molecule has 0 aliphatic heterocycles. The van der Waals surface area contributed by atoms with E-state index in [9.17, 15) is 9.59 Å². The third-order valence-corrected chi connectivity index (χ3v) is 10.3. The SMILES string of the molecule is CCCC(CCCCCCCCC=CCCCCCCCC(=O)O)C(CC)CCCCCCCCCC=CCCCCCCCC(=O)O. The number of carboxylic acid groups (broad SMARTS) is 2. The van der Waals surface area contributed by atoms with Crippen molar-refractivity contribution in [3.63, 3.8) is 0 Å². The first kappa shape index (κ1) is 46.4. The van der Waals surface area contributed by atoms with Crippen LogP contribution in [0.15, 0.2) is 24.3 Å². The minimum atomic E-state index is -0.665. The summed E-state index contributed by atoms with van der Waals surface area (Å²) in [5.41, 5.74) is 0. The summed E-state index contributed by atoms with van der Waals surface area (Å²) in [6.45, 7) is 4.82. The van der Waals surface area contributed by atoms with Crippen LogP contribution in [0.5, 0.6) is 0 Å². The van der Waals surface area contributed by atoms with Crippen molar-refractivity contribution in [2.45, 2.75) is 232 Å². The fourth-order valence-corrected chi connectivity index (χ4v) is 7.30. The van der Waals surface area contributed by atoms with Gasteiger partial charge in [-0.15, -0.1) is 0 Å². The Balaban J connectivity index is 3.67. The van der Waals surface area contributed by atoms with E-state index in [2.05, 4.69) is 38.2 Å². The zero-order valence-corrected chi connectivity index (χ0v) is 32.2. The van der Waals surface area contributed by atoms with E-state index >= 15 is 0 Å². The van der Waals surface area contributed by atoms with Gasteiger partial charge >= 0.3 is 11.9 Å². The molecule has 4 heteroatoms. The lowest BCUT2D eigenvalue weighted by Crippen LogP contribution is -2.14. The first-order valence-corrected chi connectivity index (χ1v) is 21.2. The summed E-state index contributed by atoms with van der Waals surface area (Å²) in [6, 6.07) is 0. The molecule has 0 heterocycles. The maximum atomic E-state index is 10.5. The van der Waals surface area contributed by atoms with Gasteiger partial charge in [0.25, 0.3) is 0 Å². The monoisotopic (exact) mass is 675 g/mol. The third-order valence-electron chi connectivity index (χ3n) is 10.3. The fraction of sp³-hybridized carbons (Fsp3) is 0.864. The molecule has 0 amide bonds. The molecular formula is C44H82O4. The lowest BCUT2D eigenvalue weighted by molar-refractivity contribution is -0.138. The number of allylic oxidation sites excluding steroid dienone is 4. The van der Waals surface area contributed by atoms with Gasteiger partial charge in [0.15, 0.2) is 0 Å². The fourth-order valence-electron chi connectivity index (χ4n) is 7.30. The van der Waals surface area contributed by atoms with Crippen molar-refractivity contribution < 1.29 is 19.8 Å². The van der Waals surface area contributed by atoms with Gasteiger partial charge in [0.1, 0.15) is 0 Å². The van der Waals surface area contributed by atoms with Gasteiger partial charge < -0.3 is 10.2 Å². The first-order chi connectivity index (χ1) is 23.5. The first-order valence-electron chi connectivity index (χ1n) is 21.2. The summed E-state index contributed by atoms with van der Waals surface area (Å²) < 4.78 is 0. The van der Waals surface area contributed by atoms with Gasteiger partial charge in [-0.05, 0) is 76.0 Å². The van der Waals surface area contributed by atoms with Crippen LogP contribution in [-0.4, -0.2) is 22.2 Å². The predicted molar refractivity (Wildman–Crippen MR) is 209 cm³/mol. The Bertz CT molecular complexity index is 742. The van der Waals surface area contributed by atoms with Crippen molar-refractivity contribution in [1.29, 1.82) is 0 Å². The molecule has 0 aliphatic rings. The van der Waals surface area contributed by atoms with Crippen molar-refractivity contribution in [1.82, 2.24) is 0 Å². The van der Waals surface area contributed by atoms with E-state index < -0.39 is 11.9 Å².